The summed E-state index contributed by atoms with van der Waals surface area (Å²) in [6.45, 7) is 0. The topological polar surface area (TPSA) is 116 Å². The highest BCUT2D eigenvalue weighted by Gasteiger charge is 2.41. The average Bonchev–Trinajstić information content (AvgIpc) is 2.84. The van der Waals surface area contributed by atoms with Crippen LogP contribution in [0, 0.1) is 0 Å². The number of aromatic carboxylic acids is 1. The van der Waals surface area contributed by atoms with Gasteiger partial charge in [0.2, 0.25) is 10.0 Å². The molecule has 5 rings (SSSR count). The molecule has 8 nitrogen and oxygen atoms in total. The second-order valence-corrected chi connectivity index (χ2v) is 10.2. The van der Waals surface area contributed by atoms with Crippen molar-refractivity contribution in [1.29, 1.82) is 0 Å². The molecule has 2 unspecified atom stereocenters. The fraction of sp³-hybridized carbons (Fsp3) is 0.240. The van der Waals surface area contributed by atoms with Gasteiger partial charge in [0.05, 0.1) is 40.0 Å². The number of carbonyl (C=O) groups is 1. The van der Waals surface area contributed by atoms with E-state index >= 15 is 0 Å². The van der Waals surface area contributed by atoms with Gasteiger partial charge in [-0.2, -0.15) is 0 Å². The van der Waals surface area contributed by atoms with Gasteiger partial charge in [-0.25, -0.2) is 17.9 Å². The van der Waals surface area contributed by atoms with Crippen molar-refractivity contribution in [1.82, 2.24) is 4.72 Å². The van der Waals surface area contributed by atoms with Gasteiger partial charge in [-0.3, -0.25) is 0 Å². The van der Waals surface area contributed by atoms with Gasteiger partial charge >= 0.3 is 5.97 Å². The van der Waals surface area contributed by atoms with E-state index < -0.39 is 28.1 Å². The number of sulfonamides is 1. The first-order valence-electron chi connectivity index (χ1n) is 11.0. The maximum absolute atomic E-state index is 13.0. The van der Waals surface area contributed by atoms with Crippen molar-refractivity contribution >= 4 is 27.4 Å². The third-order valence-electron chi connectivity index (χ3n) is 6.34. The summed E-state index contributed by atoms with van der Waals surface area (Å²) in [6, 6.07) is 19.1. The van der Waals surface area contributed by atoms with Gasteiger partial charge in [-0.05, 0) is 67.8 Å². The number of hydrogen-bond acceptors (Lipinski definition) is 6. The molecule has 3 N–H and O–H groups in total. The summed E-state index contributed by atoms with van der Waals surface area (Å²) in [4.78, 5) is 13.1. The van der Waals surface area contributed by atoms with Gasteiger partial charge < -0.3 is 19.8 Å². The van der Waals surface area contributed by atoms with Crippen LogP contribution in [-0.2, 0) is 10.0 Å². The van der Waals surface area contributed by atoms with E-state index in [1.165, 1.54) is 24.3 Å². The predicted octanol–water partition coefficient (Wildman–Crippen LogP) is 3.89. The van der Waals surface area contributed by atoms with Crippen LogP contribution >= 0.6 is 0 Å². The quantitative estimate of drug-likeness (QED) is 0.507. The first-order valence-corrected chi connectivity index (χ1v) is 12.5. The molecule has 9 heteroatoms. The highest BCUT2D eigenvalue weighted by molar-refractivity contribution is 7.89. The SMILES string of the molecule is O=C(O)c1ccc(S(=O)(=O)NC2CCC[C@H](N3c4ccccc4Oc4ccccc43)C2O)cc1. The van der Waals surface area contributed by atoms with Crippen LogP contribution in [0.3, 0.4) is 0 Å². The molecule has 3 atom stereocenters. The fourth-order valence-electron chi connectivity index (χ4n) is 4.70. The van der Waals surface area contributed by atoms with Crippen LogP contribution in [0.4, 0.5) is 11.4 Å². The van der Waals surface area contributed by atoms with E-state index in [9.17, 15) is 18.3 Å². The van der Waals surface area contributed by atoms with Crippen LogP contribution in [0.5, 0.6) is 11.5 Å². The number of anilines is 2. The first-order chi connectivity index (χ1) is 16.3. The molecular weight excluding hydrogens is 456 g/mol. The summed E-state index contributed by atoms with van der Waals surface area (Å²) in [5.41, 5.74) is 1.64. The maximum atomic E-state index is 13.0. The molecule has 1 aliphatic heterocycles. The van der Waals surface area contributed by atoms with E-state index in [1.807, 2.05) is 53.4 Å². The minimum atomic E-state index is -3.96. The number of carboxylic acid groups (broad SMARTS) is 1. The van der Waals surface area contributed by atoms with E-state index in [1.54, 1.807) is 0 Å². The van der Waals surface area contributed by atoms with Crippen LogP contribution in [0.1, 0.15) is 29.6 Å². The van der Waals surface area contributed by atoms with E-state index in [4.69, 9.17) is 9.84 Å². The highest BCUT2D eigenvalue weighted by Crippen LogP contribution is 2.49. The smallest absolute Gasteiger partial charge is 0.335 e. The molecule has 0 spiro atoms. The number of hydrogen-bond donors (Lipinski definition) is 3. The van der Waals surface area contributed by atoms with Crippen LogP contribution in [0.25, 0.3) is 0 Å². The van der Waals surface area contributed by atoms with Crippen LogP contribution < -0.4 is 14.4 Å². The summed E-state index contributed by atoms with van der Waals surface area (Å²) in [5, 5.41) is 20.4. The lowest BCUT2D eigenvalue weighted by Gasteiger charge is -2.44. The molecule has 0 bridgehead atoms. The largest absolute Gasteiger partial charge is 0.478 e. The molecule has 1 saturated carbocycles. The van der Waals surface area contributed by atoms with E-state index in [0.717, 1.165) is 11.4 Å². The van der Waals surface area contributed by atoms with Gasteiger partial charge in [-0.1, -0.05) is 24.3 Å². The average molecular weight is 481 g/mol. The molecule has 0 saturated heterocycles. The number of para-hydroxylation sites is 4. The molecule has 1 aliphatic carbocycles. The van der Waals surface area contributed by atoms with Crippen molar-refractivity contribution in [3.8, 4) is 11.5 Å². The van der Waals surface area contributed by atoms with Crippen molar-refractivity contribution in [2.45, 2.75) is 42.3 Å². The highest BCUT2D eigenvalue weighted by atomic mass is 32.2. The Morgan fingerprint density at radius 2 is 1.50 bits per heavy atom. The number of aliphatic hydroxyl groups excluding tert-OH is 1. The Morgan fingerprint density at radius 1 is 0.912 bits per heavy atom. The zero-order chi connectivity index (χ0) is 23.9. The number of fused-ring (bicyclic) bond motifs is 2. The Kier molecular flexibility index (Phi) is 5.76. The number of carboxylic acids is 1. The monoisotopic (exact) mass is 480 g/mol. The maximum Gasteiger partial charge on any atom is 0.335 e. The van der Waals surface area contributed by atoms with Crippen molar-refractivity contribution in [2.24, 2.45) is 0 Å². The molecule has 0 radical (unpaired) electrons. The Labute approximate surface area is 197 Å². The molecule has 3 aromatic rings. The first kappa shape index (κ1) is 22.4. The van der Waals surface area contributed by atoms with Gasteiger partial charge in [-0.15, -0.1) is 0 Å². The van der Waals surface area contributed by atoms with Gasteiger partial charge in [0.1, 0.15) is 0 Å². The third-order valence-corrected chi connectivity index (χ3v) is 7.85. The molecule has 0 amide bonds. The number of rotatable bonds is 5. The van der Waals surface area contributed by atoms with Crippen LogP contribution in [0.2, 0.25) is 0 Å². The molecule has 1 fully saturated rings. The second-order valence-electron chi connectivity index (χ2n) is 8.45. The minimum Gasteiger partial charge on any atom is -0.478 e. The lowest BCUT2D eigenvalue weighted by Crippen LogP contribution is -2.56. The molecule has 3 aromatic carbocycles. The number of ether oxygens (including phenoxy) is 1. The van der Waals surface area contributed by atoms with Crippen molar-refractivity contribution in [3.05, 3.63) is 78.4 Å². The second kappa shape index (κ2) is 8.75. The number of nitrogens with zero attached hydrogens (tertiary/aromatic N) is 1. The molecule has 34 heavy (non-hydrogen) atoms. The standard InChI is InChI=1S/C25H24N2O6S/c28-24-18(26-34(31,32)17-14-12-16(13-15-17)25(29)30)6-5-9-21(24)27-19-7-1-3-10-22(19)33-23-11-4-2-8-20(23)27/h1-4,7-8,10-15,18,21,24,26,28H,5-6,9H2,(H,29,30)/t18?,21-,24?/m0/s1. The number of aliphatic hydroxyl groups is 1. The fourth-order valence-corrected chi connectivity index (χ4v) is 5.99. The Hall–Kier alpha value is -3.40. The summed E-state index contributed by atoms with van der Waals surface area (Å²) in [6.07, 6.45) is 0.891. The summed E-state index contributed by atoms with van der Waals surface area (Å²) < 4.78 is 34.7. The van der Waals surface area contributed by atoms with Gasteiger partial charge in [0, 0.05) is 0 Å². The number of nitrogens with one attached hydrogen (secondary N) is 1. The van der Waals surface area contributed by atoms with E-state index in [0.29, 0.717) is 30.8 Å². The van der Waals surface area contributed by atoms with Gasteiger partial charge in [0.15, 0.2) is 11.5 Å². The van der Waals surface area contributed by atoms with Crippen LogP contribution in [-0.4, -0.2) is 42.8 Å². The van der Waals surface area contributed by atoms with Crippen molar-refractivity contribution < 1.29 is 28.2 Å². The summed E-state index contributed by atoms with van der Waals surface area (Å²) >= 11 is 0. The third kappa shape index (κ3) is 4.02. The number of benzene rings is 3. The lowest BCUT2D eigenvalue weighted by molar-refractivity contribution is 0.0696. The predicted molar refractivity (Wildman–Crippen MR) is 126 cm³/mol. The lowest BCUT2D eigenvalue weighted by atomic mass is 9.86. The molecule has 176 valence electrons. The summed E-state index contributed by atoms with van der Waals surface area (Å²) in [5.74, 6) is 0.220. The minimum absolute atomic E-state index is 0.00126. The Morgan fingerprint density at radius 3 is 2.09 bits per heavy atom. The Bertz CT molecular complexity index is 1280. The normalized spacial score (nSPS) is 21.8. The van der Waals surface area contributed by atoms with Crippen molar-refractivity contribution in [2.75, 3.05) is 4.90 Å². The molecular formula is C25H24N2O6S. The summed E-state index contributed by atoms with van der Waals surface area (Å²) in [7, 11) is -3.96. The zero-order valence-corrected chi connectivity index (χ0v) is 19.0. The van der Waals surface area contributed by atoms with E-state index in [-0.39, 0.29) is 16.5 Å². The van der Waals surface area contributed by atoms with Crippen molar-refractivity contribution in [3.63, 3.8) is 0 Å². The van der Waals surface area contributed by atoms with E-state index in [2.05, 4.69) is 4.72 Å². The molecule has 0 aromatic heterocycles. The van der Waals surface area contributed by atoms with Gasteiger partial charge in [0.25, 0.3) is 0 Å². The van der Waals surface area contributed by atoms with Crippen LogP contribution in [0.15, 0.2) is 77.7 Å². The molecule has 1 heterocycles. The molecule has 2 aliphatic rings. The zero-order valence-electron chi connectivity index (χ0n) is 18.2. The Balaban J connectivity index is 1.44.